The van der Waals surface area contributed by atoms with Gasteiger partial charge in [0.1, 0.15) is 12.8 Å². The number of esters is 2. The quantitative estimate of drug-likeness (QED) is 0.667. The van der Waals surface area contributed by atoms with Gasteiger partial charge in [-0.05, 0) is 0 Å². The highest BCUT2D eigenvalue weighted by molar-refractivity contribution is 5.67. The summed E-state index contributed by atoms with van der Waals surface area (Å²) in [6.45, 7) is 1.30. The second-order valence-electron chi connectivity index (χ2n) is 3.37. The van der Waals surface area contributed by atoms with Crippen LogP contribution in [0.15, 0.2) is 0 Å². The van der Waals surface area contributed by atoms with Gasteiger partial charge >= 0.3 is 11.9 Å². The van der Waals surface area contributed by atoms with Gasteiger partial charge in [0.15, 0.2) is 18.5 Å². The average Bonchev–Trinajstić information content (AvgIpc) is 2.44. The molecule has 1 fully saturated rings. The summed E-state index contributed by atoms with van der Waals surface area (Å²) < 4.78 is 26.7. The van der Waals surface area contributed by atoms with Crippen LogP contribution in [-0.4, -0.2) is 48.3 Å². The third-order valence-electron chi connectivity index (χ3n) is 2.04. The molecule has 0 aromatic heterocycles. The molecule has 1 aliphatic heterocycles. The summed E-state index contributed by atoms with van der Waals surface area (Å²) in [7, 11) is 0. The maximum atomic E-state index is 12.5. The first-order valence-corrected chi connectivity index (χ1v) is 4.69. The van der Waals surface area contributed by atoms with Crippen LogP contribution in [0.2, 0.25) is 0 Å². The van der Waals surface area contributed by atoms with Crippen molar-refractivity contribution < 1.29 is 33.3 Å². The Morgan fingerprint density at radius 1 is 1.25 bits per heavy atom. The highest BCUT2D eigenvalue weighted by Gasteiger charge is 2.48. The van der Waals surface area contributed by atoms with Gasteiger partial charge in [-0.15, -0.1) is 0 Å². The molecule has 6 nitrogen and oxygen atoms in total. The Balaban J connectivity index is 2.76. The number of alkyl halides is 1. The van der Waals surface area contributed by atoms with Crippen molar-refractivity contribution in [2.75, 3.05) is 6.67 Å². The van der Waals surface area contributed by atoms with Gasteiger partial charge in [-0.1, -0.05) is 0 Å². The number of carbonyl (C=O) groups excluding carboxylic acids is 2. The van der Waals surface area contributed by atoms with Crippen molar-refractivity contribution in [3.8, 4) is 0 Å². The molecule has 0 aromatic rings. The molecular formula is C9H13FO6. The zero-order chi connectivity index (χ0) is 12.3. The van der Waals surface area contributed by atoms with Crippen LogP contribution in [0, 0.1) is 0 Å². The normalized spacial score (nSPS) is 33.5. The minimum absolute atomic E-state index is 0.668. The first-order chi connectivity index (χ1) is 7.45. The summed E-state index contributed by atoms with van der Waals surface area (Å²) in [5.74, 6) is -1.34. The van der Waals surface area contributed by atoms with Gasteiger partial charge in [0.05, 0.1) is 0 Å². The van der Waals surface area contributed by atoms with Crippen molar-refractivity contribution in [3.63, 3.8) is 0 Å². The van der Waals surface area contributed by atoms with E-state index in [1.54, 1.807) is 0 Å². The summed E-state index contributed by atoms with van der Waals surface area (Å²) >= 11 is 0. The number of aliphatic hydroxyl groups is 1. The van der Waals surface area contributed by atoms with E-state index in [4.69, 9.17) is 14.2 Å². The van der Waals surface area contributed by atoms with Crippen LogP contribution in [0.4, 0.5) is 4.39 Å². The summed E-state index contributed by atoms with van der Waals surface area (Å²) in [4.78, 5) is 21.5. The Bertz CT molecular complexity index is 281. The molecule has 0 amide bonds. The number of hydrogen-bond acceptors (Lipinski definition) is 6. The standard InChI is InChI=1S/C9H13FO6/c1-4(11)14-7-6(3-10)16-9(13)8(7)15-5(2)12/h6-9,13H,3H2,1-2H3. The molecule has 7 heteroatoms. The lowest BCUT2D eigenvalue weighted by atomic mass is 10.1. The second kappa shape index (κ2) is 5.22. The Labute approximate surface area is 91.3 Å². The Morgan fingerprint density at radius 2 is 1.75 bits per heavy atom. The predicted octanol–water partition coefficient (Wildman–Crippen LogP) is -0.464. The van der Waals surface area contributed by atoms with Crippen LogP contribution < -0.4 is 0 Å². The molecule has 4 atom stereocenters. The SMILES string of the molecule is CC(=O)OC1C(O)OC(CF)C1OC(C)=O. The van der Waals surface area contributed by atoms with E-state index in [0.29, 0.717) is 0 Å². The fraction of sp³-hybridized carbons (Fsp3) is 0.778. The number of hydrogen-bond donors (Lipinski definition) is 1. The number of ether oxygens (including phenoxy) is 3. The lowest BCUT2D eigenvalue weighted by molar-refractivity contribution is -0.174. The Kier molecular flexibility index (Phi) is 4.19. The smallest absolute Gasteiger partial charge is 0.303 e. The first kappa shape index (κ1) is 12.9. The molecule has 0 bridgehead atoms. The molecule has 92 valence electrons. The number of halogens is 1. The fourth-order valence-electron chi connectivity index (χ4n) is 1.48. The topological polar surface area (TPSA) is 82.1 Å². The van der Waals surface area contributed by atoms with Crippen molar-refractivity contribution in [2.45, 2.75) is 38.4 Å². The van der Waals surface area contributed by atoms with Crippen LogP contribution >= 0.6 is 0 Å². The van der Waals surface area contributed by atoms with Crippen LogP contribution in [0.25, 0.3) is 0 Å². The highest BCUT2D eigenvalue weighted by atomic mass is 19.1. The van der Waals surface area contributed by atoms with Crippen molar-refractivity contribution in [1.82, 2.24) is 0 Å². The summed E-state index contributed by atoms with van der Waals surface area (Å²) in [6, 6.07) is 0. The van der Waals surface area contributed by atoms with E-state index in [1.807, 2.05) is 0 Å². The van der Waals surface area contributed by atoms with Crippen molar-refractivity contribution in [1.29, 1.82) is 0 Å². The fourth-order valence-corrected chi connectivity index (χ4v) is 1.48. The van der Waals surface area contributed by atoms with Gasteiger partial charge in [-0.3, -0.25) is 9.59 Å². The van der Waals surface area contributed by atoms with E-state index < -0.39 is 43.2 Å². The van der Waals surface area contributed by atoms with Crippen molar-refractivity contribution in [3.05, 3.63) is 0 Å². The van der Waals surface area contributed by atoms with Crippen LogP contribution in [0.5, 0.6) is 0 Å². The van der Waals surface area contributed by atoms with Gasteiger partial charge in [0.25, 0.3) is 0 Å². The number of rotatable bonds is 3. The van der Waals surface area contributed by atoms with Gasteiger partial charge < -0.3 is 19.3 Å². The summed E-state index contributed by atoms with van der Waals surface area (Å²) in [5, 5.41) is 9.37. The van der Waals surface area contributed by atoms with E-state index in [9.17, 15) is 19.1 Å². The monoisotopic (exact) mass is 236 g/mol. The lowest BCUT2D eigenvalue weighted by Gasteiger charge is -2.20. The number of carbonyl (C=O) groups is 2. The van der Waals surface area contributed by atoms with E-state index >= 15 is 0 Å². The Hall–Kier alpha value is -1.21. The largest absolute Gasteiger partial charge is 0.455 e. The van der Waals surface area contributed by atoms with Gasteiger partial charge in [-0.25, -0.2) is 4.39 Å². The molecule has 1 saturated heterocycles. The van der Waals surface area contributed by atoms with E-state index in [-0.39, 0.29) is 0 Å². The second-order valence-corrected chi connectivity index (χ2v) is 3.37. The van der Waals surface area contributed by atoms with Gasteiger partial charge in [-0.2, -0.15) is 0 Å². The van der Waals surface area contributed by atoms with Gasteiger partial charge in [0, 0.05) is 13.8 Å². The highest BCUT2D eigenvalue weighted by Crippen LogP contribution is 2.25. The van der Waals surface area contributed by atoms with Crippen LogP contribution in [0.1, 0.15) is 13.8 Å². The van der Waals surface area contributed by atoms with Gasteiger partial charge in [0.2, 0.25) is 0 Å². The average molecular weight is 236 g/mol. The third kappa shape index (κ3) is 2.89. The molecule has 1 N–H and O–H groups in total. The van der Waals surface area contributed by atoms with Crippen LogP contribution in [-0.2, 0) is 23.8 Å². The molecule has 0 aromatic carbocycles. The predicted molar refractivity (Wildman–Crippen MR) is 48.0 cm³/mol. The molecule has 0 radical (unpaired) electrons. The van der Waals surface area contributed by atoms with Crippen LogP contribution in [0.3, 0.4) is 0 Å². The molecule has 1 aliphatic rings. The summed E-state index contributed by atoms with van der Waals surface area (Å²) in [6.07, 6.45) is -4.93. The summed E-state index contributed by atoms with van der Waals surface area (Å²) in [5.41, 5.74) is 0. The molecular weight excluding hydrogens is 223 g/mol. The molecule has 0 aliphatic carbocycles. The number of aliphatic hydroxyl groups excluding tert-OH is 1. The van der Waals surface area contributed by atoms with E-state index in [0.717, 1.165) is 13.8 Å². The molecule has 0 spiro atoms. The molecule has 4 unspecified atom stereocenters. The molecule has 16 heavy (non-hydrogen) atoms. The maximum absolute atomic E-state index is 12.5. The minimum Gasteiger partial charge on any atom is -0.455 e. The first-order valence-electron chi connectivity index (χ1n) is 4.69. The third-order valence-corrected chi connectivity index (χ3v) is 2.04. The molecule has 1 rings (SSSR count). The molecule has 1 heterocycles. The zero-order valence-electron chi connectivity index (χ0n) is 8.88. The van der Waals surface area contributed by atoms with Crippen molar-refractivity contribution in [2.24, 2.45) is 0 Å². The lowest BCUT2D eigenvalue weighted by Crippen LogP contribution is -2.40. The zero-order valence-corrected chi connectivity index (χ0v) is 8.88. The van der Waals surface area contributed by atoms with Crippen molar-refractivity contribution >= 4 is 11.9 Å². The molecule has 0 saturated carbocycles. The van der Waals surface area contributed by atoms with E-state index in [1.165, 1.54) is 0 Å². The minimum atomic E-state index is -1.49. The van der Waals surface area contributed by atoms with E-state index in [2.05, 4.69) is 0 Å². The maximum Gasteiger partial charge on any atom is 0.303 e. The Morgan fingerprint density at radius 3 is 2.19 bits per heavy atom.